The van der Waals surface area contributed by atoms with Gasteiger partial charge in [0.05, 0.1) is 18.8 Å². The number of carbonyl (C=O) groups excluding carboxylic acids is 1. The van der Waals surface area contributed by atoms with E-state index in [0.717, 1.165) is 17.8 Å². The summed E-state index contributed by atoms with van der Waals surface area (Å²) in [6.45, 7) is 3.65. The Kier molecular flexibility index (Phi) is 4.61. The molecule has 2 aromatic rings. The molecule has 100 valence electrons. The highest BCUT2D eigenvalue weighted by Crippen LogP contribution is 2.26. The van der Waals surface area contributed by atoms with Crippen LogP contribution in [0.15, 0.2) is 42.6 Å². The summed E-state index contributed by atoms with van der Waals surface area (Å²) >= 11 is 0. The Morgan fingerprint density at radius 3 is 2.53 bits per heavy atom. The third kappa shape index (κ3) is 3.37. The van der Waals surface area contributed by atoms with Crippen LogP contribution in [0.3, 0.4) is 0 Å². The van der Waals surface area contributed by atoms with Crippen molar-refractivity contribution in [2.24, 2.45) is 0 Å². The molecule has 0 amide bonds. The first-order chi connectivity index (χ1) is 9.35. The highest BCUT2D eigenvalue weighted by atomic mass is 16.5. The van der Waals surface area contributed by atoms with Gasteiger partial charge in [-0.1, -0.05) is 12.1 Å². The molecule has 0 aliphatic carbocycles. The molecule has 1 aromatic carbocycles. The lowest BCUT2D eigenvalue weighted by molar-refractivity contribution is 0.111. The first-order valence-corrected chi connectivity index (χ1v) is 6.30. The standard InChI is InChI=1S/C15H17NO3/c1-2-18-14-7-3-4-8-15(14)19-11-10-16-9-5-6-13(16)12-17/h3-9,12H,2,10-11H2,1H3. The number of aromatic nitrogens is 1. The van der Waals surface area contributed by atoms with Crippen LogP contribution in [-0.4, -0.2) is 24.1 Å². The highest BCUT2D eigenvalue weighted by Gasteiger charge is 2.04. The molecule has 0 N–H and O–H groups in total. The van der Waals surface area contributed by atoms with Crippen molar-refractivity contribution >= 4 is 6.29 Å². The van der Waals surface area contributed by atoms with Crippen LogP contribution in [0.1, 0.15) is 17.4 Å². The van der Waals surface area contributed by atoms with Gasteiger partial charge in [0.1, 0.15) is 6.61 Å². The summed E-state index contributed by atoms with van der Waals surface area (Å²) in [5, 5.41) is 0. The van der Waals surface area contributed by atoms with E-state index in [1.54, 1.807) is 6.07 Å². The Balaban J connectivity index is 1.94. The summed E-state index contributed by atoms with van der Waals surface area (Å²) in [5.74, 6) is 1.47. The number of hydrogen-bond donors (Lipinski definition) is 0. The molecule has 1 heterocycles. The molecule has 0 atom stereocenters. The molecule has 19 heavy (non-hydrogen) atoms. The van der Waals surface area contributed by atoms with Gasteiger partial charge in [0.15, 0.2) is 17.8 Å². The van der Waals surface area contributed by atoms with Crippen LogP contribution in [0.2, 0.25) is 0 Å². The van der Waals surface area contributed by atoms with Crippen LogP contribution in [-0.2, 0) is 6.54 Å². The lowest BCUT2D eigenvalue weighted by Gasteiger charge is -2.12. The maximum atomic E-state index is 10.8. The van der Waals surface area contributed by atoms with Crippen molar-refractivity contribution in [3.63, 3.8) is 0 Å². The van der Waals surface area contributed by atoms with E-state index in [-0.39, 0.29) is 0 Å². The second-order valence-electron chi connectivity index (χ2n) is 3.97. The van der Waals surface area contributed by atoms with Crippen molar-refractivity contribution < 1.29 is 14.3 Å². The molecule has 0 spiro atoms. The predicted octanol–water partition coefficient (Wildman–Crippen LogP) is 2.78. The molecule has 4 heteroatoms. The molecule has 0 fully saturated rings. The summed E-state index contributed by atoms with van der Waals surface area (Å²) in [6.07, 6.45) is 2.70. The molecule has 2 rings (SSSR count). The van der Waals surface area contributed by atoms with Crippen molar-refractivity contribution in [1.82, 2.24) is 4.57 Å². The molecule has 4 nitrogen and oxygen atoms in total. The molecule has 0 aliphatic rings. The van der Waals surface area contributed by atoms with E-state index < -0.39 is 0 Å². The Bertz CT molecular complexity index is 534. The maximum absolute atomic E-state index is 10.8. The third-order valence-corrected chi connectivity index (χ3v) is 2.72. The zero-order valence-electron chi connectivity index (χ0n) is 10.9. The van der Waals surface area contributed by atoms with Gasteiger partial charge in [-0.2, -0.15) is 0 Å². The van der Waals surface area contributed by atoms with Crippen molar-refractivity contribution in [3.8, 4) is 11.5 Å². The van der Waals surface area contributed by atoms with Crippen molar-refractivity contribution in [2.75, 3.05) is 13.2 Å². The number of aldehydes is 1. The monoisotopic (exact) mass is 259 g/mol. The SMILES string of the molecule is CCOc1ccccc1OCCn1cccc1C=O. The lowest BCUT2D eigenvalue weighted by Crippen LogP contribution is -2.10. The van der Waals surface area contributed by atoms with E-state index in [1.165, 1.54) is 0 Å². The number of ether oxygens (including phenoxy) is 2. The smallest absolute Gasteiger partial charge is 0.166 e. The zero-order valence-corrected chi connectivity index (χ0v) is 10.9. The fourth-order valence-electron chi connectivity index (χ4n) is 1.84. The summed E-state index contributed by atoms with van der Waals surface area (Å²) < 4.78 is 13.0. The predicted molar refractivity (Wildman–Crippen MR) is 72.9 cm³/mol. The largest absolute Gasteiger partial charge is 0.490 e. The second-order valence-corrected chi connectivity index (χ2v) is 3.97. The number of hydrogen-bond acceptors (Lipinski definition) is 3. The summed E-state index contributed by atoms with van der Waals surface area (Å²) in [6, 6.07) is 11.2. The first-order valence-electron chi connectivity index (χ1n) is 6.30. The fraction of sp³-hybridized carbons (Fsp3) is 0.267. The molecule has 0 saturated carbocycles. The molecular weight excluding hydrogens is 242 g/mol. The first kappa shape index (κ1) is 13.2. The van der Waals surface area contributed by atoms with E-state index in [9.17, 15) is 4.79 Å². The molecule has 1 aromatic heterocycles. The number of rotatable bonds is 7. The minimum Gasteiger partial charge on any atom is -0.490 e. The second kappa shape index (κ2) is 6.64. The normalized spacial score (nSPS) is 10.2. The Hall–Kier alpha value is -2.23. The maximum Gasteiger partial charge on any atom is 0.166 e. The van der Waals surface area contributed by atoms with Gasteiger partial charge in [0, 0.05) is 6.20 Å². The molecular formula is C15H17NO3. The van der Waals surface area contributed by atoms with Gasteiger partial charge in [-0.15, -0.1) is 0 Å². The van der Waals surface area contributed by atoms with E-state index in [1.807, 2.05) is 48.0 Å². The van der Waals surface area contributed by atoms with Crippen LogP contribution in [0, 0.1) is 0 Å². The molecule has 0 saturated heterocycles. The summed E-state index contributed by atoms with van der Waals surface area (Å²) in [4.78, 5) is 10.8. The Morgan fingerprint density at radius 2 is 1.84 bits per heavy atom. The van der Waals surface area contributed by atoms with Gasteiger partial charge in [0.25, 0.3) is 0 Å². The van der Waals surface area contributed by atoms with Gasteiger partial charge in [-0.05, 0) is 31.2 Å². The van der Waals surface area contributed by atoms with Crippen LogP contribution < -0.4 is 9.47 Å². The summed E-state index contributed by atoms with van der Waals surface area (Å²) in [5.41, 5.74) is 0.654. The molecule has 0 aliphatic heterocycles. The van der Waals surface area contributed by atoms with Crippen LogP contribution in [0.5, 0.6) is 11.5 Å². The topological polar surface area (TPSA) is 40.5 Å². The van der Waals surface area contributed by atoms with Crippen LogP contribution in [0.25, 0.3) is 0 Å². The van der Waals surface area contributed by atoms with Gasteiger partial charge in [-0.3, -0.25) is 4.79 Å². The molecule has 0 unspecified atom stereocenters. The van der Waals surface area contributed by atoms with Crippen LogP contribution >= 0.6 is 0 Å². The lowest BCUT2D eigenvalue weighted by atomic mass is 10.3. The molecule has 0 bridgehead atoms. The minimum atomic E-state index is 0.486. The van der Waals surface area contributed by atoms with Gasteiger partial charge < -0.3 is 14.0 Å². The quantitative estimate of drug-likeness (QED) is 0.718. The Morgan fingerprint density at radius 1 is 1.11 bits per heavy atom. The number of benzene rings is 1. The van der Waals surface area contributed by atoms with Gasteiger partial charge in [0.2, 0.25) is 0 Å². The number of para-hydroxylation sites is 2. The zero-order chi connectivity index (χ0) is 13.5. The highest BCUT2D eigenvalue weighted by molar-refractivity contribution is 5.72. The van der Waals surface area contributed by atoms with E-state index in [2.05, 4.69) is 0 Å². The Labute approximate surface area is 112 Å². The van der Waals surface area contributed by atoms with Crippen molar-refractivity contribution in [3.05, 3.63) is 48.3 Å². The number of nitrogens with zero attached hydrogens (tertiary/aromatic N) is 1. The average Bonchev–Trinajstić information content (AvgIpc) is 2.88. The number of carbonyl (C=O) groups is 1. The average molecular weight is 259 g/mol. The minimum absolute atomic E-state index is 0.486. The fourth-order valence-corrected chi connectivity index (χ4v) is 1.84. The van der Waals surface area contributed by atoms with Crippen molar-refractivity contribution in [2.45, 2.75) is 13.5 Å². The van der Waals surface area contributed by atoms with Gasteiger partial charge >= 0.3 is 0 Å². The van der Waals surface area contributed by atoms with E-state index in [4.69, 9.17) is 9.47 Å². The van der Waals surface area contributed by atoms with Crippen LogP contribution in [0.4, 0.5) is 0 Å². The van der Waals surface area contributed by atoms with E-state index in [0.29, 0.717) is 25.5 Å². The third-order valence-electron chi connectivity index (χ3n) is 2.72. The van der Waals surface area contributed by atoms with Gasteiger partial charge in [-0.25, -0.2) is 0 Å². The van der Waals surface area contributed by atoms with Crippen molar-refractivity contribution in [1.29, 1.82) is 0 Å². The molecule has 0 radical (unpaired) electrons. The van der Waals surface area contributed by atoms with E-state index >= 15 is 0 Å². The summed E-state index contributed by atoms with van der Waals surface area (Å²) in [7, 11) is 0.